The Kier molecular flexibility index (Phi) is 18.6. The van der Waals surface area contributed by atoms with Gasteiger partial charge in [0.2, 0.25) is 0 Å². The Morgan fingerprint density at radius 2 is 1.14 bits per heavy atom. The van der Waals surface area contributed by atoms with Gasteiger partial charge >= 0.3 is 5.97 Å². The standard InChI is InChI=1S/C26H51NO2/c1-5-6-7-8-9-10-11-12-13-14-15-16-17-18-19-20-21-22-24(2)25(28)29-23-26(3,4)27/h22H,5-21,23,27H2,1-4H3. The summed E-state index contributed by atoms with van der Waals surface area (Å²) in [6, 6.07) is 0. The van der Waals surface area contributed by atoms with E-state index in [1.807, 2.05) is 26.8 Å². The highest BCUT2D eigenvalue weighted by molar-refractivity contribution is 5.87. The van der Waals surface area contributed by atoms with Crippen LogP contribution in [0.5, 0.6) is 0 Å². The maximum atomic E-state index is 11.8. The molecule has 0 bridgehead atoms. The van der Waals surface area contributed by atoms with Gasteiger partial charge in [0.25, 0.3) is 0 Å². The Morgan fingerprint density at radius 3 is 1.52 bits per heavy atom. The van der Waals surface area contributed by atoms with E-state index in [0.29, 0.717) is 5.57 Å². The van der Waals surface area contributed by atoms with Crippen LogP contribution in [0.2, 0.25) is 0 Å². The maximum absolute atomic E-state index is 11.8. The van der Waals surface area contributed by atoms with Gasteiger partial charge in [0.15, 0.2) is 0 Å². The van der Waals surface area contributed by atoms with Crippen LogP contribution in [0, 0.1) is 0 Å². The largest absolute Gasteiger partial charge is 0.460 e. The summed E-state index contributed by atoms with van der Waals surface area (Å²) in [6.45, 7) is 8.09. The highest BCUT2D eigenvalue weighted by Gasteiger charge is 2.14. The molecule has 0 unspecified atom stereocenters. The first kappa shape index (κ1) is 28.2. The lowest BCUT2D eigenvalue weighted by Crippen LogP contribution is -2.38. The van der Waals surface area contributed by atoms with Crippen molar-refractivity contribution < 1.29 is 9.53 Å². The van der Waals surface area contributed by atoms with Gasteiger partial charge in [0, 0.05) is 11.1 Å². The zero-order valence-corrected chi connectivity index (χ0v) is 20.2. The van der Waals surface area contributed by atoms with Crippen molar-refractivity contribution in [1.29, 1.82) is 0 Å². The van der Waals surface area contributed by atoms with Gasteiger partial charge in [-0.2, -0.15) is 0 Å². The summed E-state index contributed by atoms with van der Waals surface area (Å²) < 4.78 is 5.22. The molecule has 2 N–H and O–H groups in total. The van der Waals surface area contributed by atoms with Gasteiger partial charge in [-0.25, -0.2) is 4.79 Å². The Balaban J connectivity index is 3.35. The fourth-order valence-corrected chi connectivity index (χ4v) is 3.46. The maximum Gasteiger partial charge on any atom is 0.333 e. The van der Waals surface area contributed by atoms with E-state index in [2.05, 4.69) is 6.92 Å². The summed E-state index contributed by atoms with van der Waals surface area (Å²) in [4.78, 5) is 11.8. The minimum atomic E-state index is -0.468. The predicted molar refractivity (Wildman–Crippen MR) is 127 cm³/mol. The van der Waals surface area contributed by atoms with E-state index in [0.717, 1.165) is 12.8 Å². The second-order valence-electron chi connectivity index (χ2n) is 9.54. The summed E-state index contributed by atoms with van der Waals surface area (Å²) in [5, 5.41) is 0. The molecule has 3 heteroatoms. The minimum Gasteiger partial charge on any atom is -0.460 e. The normalized spacial score (nSPS) is 12.4. The lowest BCUT2D eigenvalue weighted by atomic mass is 10.0. The van der Waals surface area contributed by atoms with Gasteiger partial charge in [-0.1, -0.05) is 109 Å². The summed E-state index contributed by atoms with van der Waals surface area (Å²) in [7, 11) is 0. The number of ether oxygens (including phenoxy) is 1. The fraction of sp³-hybridized carbons (Fsp3) is 0.885. The summed E-state index contributed by atoms with van der Waals surface area (Å²) in [5.74, 6) is -0.236. The van der Waals surface area contributed by atoms with Crippen LogP contribution >= 0.6 is 0 Å². The van der Waals surface area contributed by atoms with Crippen LogP contribution in [-0.2, 0) is 9.53 Å². The van der Waals surface area contributed by atoms with E-state index in [4.69, 9.17) is 10.5 Å². The first-order valence-corrected chi connectivity index (χ1v) is 12.5. The first-order chi connectivity index (χ1) is 13.9. The van der Waals surface area contributed by atoms with Gasteiger partial charge in [0.05, 0.1) is 0 Å². The molecule has 0 fully saturated rings. The zero-order valence-electron chi connectivity index (χ0n) is 20.2. The fourth-order valence-electron chi connectivity index (χ4n) is 3.46. The monoisotopic (exact) mass is 409 g/mol. The van der Waals surface area contributed by atoms with Gasteiger partial charge in [0.1, 0.15) is 6.61 Å². The molecule has 0 amide bonds. The minimum absolute atomic E-state index is 0.236. The van der Waals surface area contributed by atoms with Crippen LogP contribution in [-0.4, -0.2) is 18.1 Å². The number of rotatable bonds is 20. The molecule has 0 aromatic carbocycles. The molecule has 0 aliphatic heterocycles. The molecular formula is C26H51NO2. The topological polar surface area (TPSA) is 52.3 Å². The number of carbonyl (C=O) groups excluding carboxylic acids is 1. The third kappa shape index (κ3) is 21.7. The lowest BCUT2D eigenvalue weighted by Gasteiger charge is -2.18. The molecule has 0 radical (unpaired) electrons. The van der Waals surface area contributed by atoms with Crippen LogP contribution in [0.4, 0.5) is 0 Å². The van der Waals surface area contributed by atoms with Gasteiger partial charge in [-0.15, -0.1) is 0 Å². The van der Waals surface area contributed by atoms with Crippen molar-refractivity contribution in [2.45, 2.75) is 142 Å². The quantitative estimate of drug-likeness (QED) is 0.126. The van der Waals surface area contributed by atoms with Crippen molar-refractivity contribution in [1.82, 2.24) is 0 Å². The molecule has 0 aliphatic rings. The molecule has 0 saturated heterocycles. The van der Waals surface area contributed by atoms with Crippen LogP contribution in [0.1, 0.15) is 137 Å². The van der Waals surface area contributed by atoms with E-state index in [-0.39, 0.29) is 12.6 Å². The second-order valence-corrected chi connectivity index (χ2v) is 9.54. The average Bonchev–Trinajstić information content (AvgIpc) is 2.67. The smallest absolute Gasteiger partial charge is 0.333 e. The van der Waals surface area contributed by atoms with E-state index in [1.165, 1.54) is 96.3 Å². The zero-order chi connectivity index (χ0) is 21.8. The van der Waals surface area contributed by atoms with Crippen molar-refractivity contribution in [2.75, 3.05) is 6.61 Å². The third-order valence-electron chi connectivity index (χ3n) is 5.41. The van der Waals surface area contributed by atoms with Crippen molar-refractivity contribution in [2.24, 2.45) is 5.73 Å². The number of esters is 1. The highest BCUT2D eigenvalue weighted by atomic mass is 16.5. The van der Waals surface area contributed by atoms with E-state index < -0.39 is 5.54 Å². The van der Waals surface area contributed by atoms with Crippen molar-refractivity contribution in [3.05, 3.63) is 11.6 Å². The number of allylic oxidation sites excluding steroid dienone is 1. The summed E-state index contributed by atoms with van der Waals surface area (Å²) in [5.41, 5.74) is 6.07. The molecule has 0 aromatic rings. The van der Waals surface area contributed by atoms with Crippen molar-refractivity contribution >= 4 is 5.97 Å². The van der Waals surface area contributed by atoms with E-state index in [1.54, 1.807) is 0 Å². The second kappa shape index (κ2) is 19.2. The number of nitrogens with two attached hydrogens (primary N) is 1. The van der Waals surface area contributed by atoms with E-state index in [9.17, 15) is 4.79 Å². The van der Waals surface area contributed by atoms with Crippen LogP contribution in [0.15, 0.2) is 11.6 Å². The Morgan fingerprint density at radius 1 is 0.759 bits per heavy atom. The molecule has 172 valence electrons. The third-order valence-corrected chi connectivity index (χ3v) is 5.41. The molecule has 29 heavy (non-hydrogen) atoms. The first-order valence-electron chi connectivity index (χ1n) is 12.5. The molecular weight excluding hydrogens is 358 g/mol. The highest BCUT2D eigenvalue weighted by Crippen LogP contribution is 2.14. The van der Waals surface area contributed by atoms with Crippen molar-refractivity contribution in [3.63, 3.8) is 0 Å². The molecule has 0 spiro atoms. The Bertz CT molecular complexity index is 409. The van der Waals surface area contributed by atoms with Crippen LogP contribution in [0.25, 0.3) is 0 Å². The molecule has 0 aromatic heterocycles. The number of hydrogen-bond acceptors (Lipinski definition) is 3. The Labute approximate surface area is 182 Å². The number of unbranched alkanes of at least 4 members (excludes halogenated alkanes) is 16. The summed E-state index contributed by atoms with van der Waals surface area (Å²) in [6.07, 6.45) is 25.1. The average molecular weight is 410 g/mol. The Hall–Kier alpha value is -0.830. The number of hydrogen-bond donors (Lipinski definition) is 1. The lowest BCUT2D eigenvalue weighted by molar-refractivity contribution is -0.140. The molecule has 3 nitrogen and oxygen atoms in total. The van der Waals surface area contributed by atoms with Gasteiger partial charge in [-0.05, 0) is 33.6 Å². The van der Waals surface area contributed by atoms with Crippen LogP contribution < -0.4 is 5.73 Å². The van der Waals surface area contributed by atoms with E-state index >= 15 is 0 Å². The van der Waals surface area contributed by atoms with Gasteiger partial charge in [-0.3, -0.25) is 0 Å². The SMILES string of the molecule is CCCCCCCCCCCCCCCCCCC=C(C)C(=O)OCC(C)(C)N. The van der Waals surface area contributed by atoms with Gasteiger partial charge < -0.3 is 10.5 Å². The predicted octanol–water partition coefficient (Wildman–Crippen LogP) is 7.86. The van der Waals surface area contributed by atoms with Crippen LogP contribution in [0.3, 0.4) is 0 Å². The molecule has 0 aliphatic carbocycles. The summed E-state index contributed by atoms with van der Waals surface area (Å²) >= 11 is 0. The molecule has 0 atom stereocenters. The number of carbonyl (C=O) groups is 1. The molecule has 0 rings (SSSR count). The molecule has 0 saturated carbocycles. The van der Waals surface area contributed by atoms with Crippen molar-refractivity contribution in [3.8, 4) is 0 Å². The molecule has 0 heterocycles.